The molecule has 31 heavy (non-hydrogen) atoms. The third-order valence-electron chi connectivity index (χ3n) is 5.14. The van der Waals surface area contributed by atoms with E-state index in [1.165, 1.54) is 5.56 Å². The molecule has 7 nitrogen and oxygen atoms in total. The molecule has 0 bridgehead atoms. The third kappa shape index (κ3) is 11.2. The molecule has 0 atom stereocenters. The van der Waals surface area contributed by atoms with E-state index in [0.717, 1.165) is 95.6 Å². The predicted octanol–water partition coefficient (Wildman–Crippen LogP) is 3.64. The van der Waals surface area contributed by atoms with Crippen molar-refractivity contribution in [2.45, 2.75) is 39.0 Å². The zero-order valence-electron chi connectivity index (χ0n) is 19.3. The van der Waals surface area contributed by atoms with Crippen molar-refractivity contribution in [2.75, 3.05) is 60.3 Å². The van der Waals surface area contributed by atoms with Crippen molar-refractivity contribution in [1.82, 2.24) is 10.6 Å². The largest absolute Gasteiger partial charge is 0.493 e. The minimum absolute atomic E-state index is 0. The van der Waals surface area contributed by atoms with Gasteiger partial charge in [-0.05, 0) is 62.6 Å². The highest BCUT2D eigenvalue weighted by molar-refractivity contribution is 14.0. The molecule has 1 aliphatic heterocycles. The Kier molecular flexibility index (Phi) is 15.5. The fourth-order valence-corrected chi connectivity index (χ4v) is 3.40. The Morgan fingerprint density at radius 2 is 1.87 bits per heavy atom. The molecule has 8 heteroatoms. The fraction of sp³-hybridized carbons (Fsp3) is 0.696. The summed E-state index contributed by atoms with van der Waals surface area (Å²) in [7, 11) is 3.32. The summed E-state index contributed by atoms with van der Waals surface area (Å²) in [6.07, 6.45) is 5.14. The Hall–Kier alpha value is -1.26. The van der Waals surface area contributed by atoms with Crippen molar-refractivity contribution in [3.8, 4) is 11.5 Å². The maximum absolute atomic E-state index is 5.82. The first kappa shape index (κ1) is 27.8. The van der Waals surface area contributed by atoms with Crippen molar-refractivity contribution in [3.63, 3.8) is 0 Å². The Labute approximate surface area is 204 Å². The van der Waals surface area contributed by atoms with Gasteiger partial charge in [0.15, 0.2) is 17.5 Å². The summed E-state index contributed by atoms with van der Waals surface area (Å²) in [5, 5.41) is 6.70. The second-order valence-electron chi connectivity index (χ2n) is 7.46. The summed E-state index contributed by atoms with van der Waals surface area (Å²) in [5.74, 6) is 3.06. The maximum Gasteiger partial charge on any atom is 0.191 e. The number of methoxy groups -OCH3 is 2. The summed E-state index contributed by atoms with van der Waals surface area (Å²) in [5.41, 5.74) is 1.22. The Balaban J connectivity index is 0.00000480. The van der Waals surface area contributed by atoms with Crippen LogP contribution in [0.2, 0.25) is 0 Å². The highest BCUT2D eigenvalue weighted by atomic mass is 127. The smallest absolute Gasteiger partial charge is 0.191 e. The minimum atomic E-state index is 0. The van der Waals surface area contributed by atoms with Gasteiger partial charge >= 0.3 is 0 Å². The number of rotatable bonds is 13. The van der Waals surface area contributed by atoms with Gasteiger partial charge in [0.1, 0.15) is 0 Å². The number of ether oxygens (including phenoxy) is 4. The number of guanidine groups is 1. The van der Waals surface area contributed by atoms with E-state index < -0.39 is 0 Å². The van der Waals surface area contributed by atoms with Crippen LogP contribution < -0.4 is 20.1 Å². The highest BCUT2D eigenvalue weighted by Gasteiger charge is 2.13. The Bertz CT molecular complexity index is 625. The van der Waals surface area contributed by atoms with Gasteiger partial charge in [-0.25, -0.2) is 0 Å². The van der Waals surface area contributed by atoms with Gasteiger partial charge in [0.05, 0.1) is 14.2 Å². The van der Waals surface area contributed by atoms with E-state index in [1.54, 1.807) is 14.2 Å². The SMILES string of the molecule is CCNC(=NCCCc1ccc(OC)c(OC)c1)NCCCOCC1CCOCC1.I. The van der Waals surface area contributed by atoms with Crippen molar-refractivity contribution < 1.29 is 18.9 Å². The summed E-state index contributed by atoms with van der Waals surface area (Å²) in [4.78, 5) is 4.68. The van der Waals surface area contributed by atoms with Crippen LogP contribution in [0.1, 0.15) is 38.2 Å². The van der Waals surface area contributed by atoms with Crippen molar-refractivity contribution in [1.29, 1.82) is 0 Å². The van der Waals surface area contributed by atoms with Crippen LogP contribution in [0.5, 0.6) is 11.5 Å². The molecule has 0 aromatic heterocycles. The average Bonchev–Trinajstić information content (AvgIpc) is 2.79. The van der Waals surface area contributed by atoms with E-state index in [4.69, 9.17) is 18.9 Å². The molecule has 0 saturated carbocycles. The number of hydrogen-bond acceptors (Lipinski definition) is 5. The zero-order valence-corrected chi connectivity index (χ0v) is 21.6. The zero-order chi connectivity index (χ0) is 21.4. The number of halogens is 1. The topological polar surface area (TPSA) is 73.3 Å². The first-order valence-corrected chi connectivity index (χ1v) is 11.1. The number of benzene rings is 1. The fourth-order valence-electron chi connectivity index (χ4n) is 3.40. The van der Waals surface area contributed by atoms with E-state index in [1.807, 2.05) is 12.1 Å². The van der Waals surface area contributed by atoms with E-state index in [9.17, 15) is 0 Å². The normalized spacial score (nSPS) is 14.6. The molecular formula is C23H40IN3O4. The molecule has 0 radical (unpaired) electrons. The molecule has 178 valence electrons. The van der Waals surface area contributed by atoms with Crippen LogP contribution >= 0.6 is 24.0 Å². The van der Waals surface area contributed by atoms with Crippen molar-refractivity contribution >= 4 is 29.9 Å². The number of aliphatic imine (C=N–C) groups is 1. The Morgan fingerprint density at radius 1 is 1.10 bits per heavy atom. The van der Waals surface area contributed by atoms with E-state index in [2.05, 4.69) is 28.6 Å². The monoisotopic (exact) mass is 549 g/mol. The van der Waals surface area contributed by atoms with Crippen LogP contribution in [0.3, 0.4) is 0 Å². The van der Waals surface area contributed by atoms with Gasteiger partial charge in [-0.15, -0.1) is 24.0 Å². The van der Waals surface area contributed by atoms with Crippen LogP contribution in [0.25, 0.3) is 0 Å². The van der Waals surface area contributed by atoms with E-state index in [0.29, 0.717) is 5.92 Å². The lowest BCUT2D eigenvalue weighted by Gasteiger charge is -2.21. The number of nitrogens with one attached hydrogen (secondary N) is 2. The molecule has 0 unspecified atom stereocenters. The minimum Gasteiger partial charge on any atom is -0.493 e. The molecule has 1 fully saturated rings. The van der Waals surface area contributed by atoms with Crippen LogP contribution in [-0.2, 0) is 15.9 Å². The Morgan fingerprint density at radius 3 is 2.58 bits per heavy atom. The summed E-state index contributed by atoms with van der Waals surface area (Å²) in [6, 6.07) is 6.06. The third-order valence-corrected chi connectivity index (χ3v) is 5.14. The average molecular weight is 549 g/mol. The standard InChI is InChI=1S/C23H39N3O4.HI/c1-4-24-23(26-13-6-14-30-18-20-10-15-29-16-11-20)25-12-5-7-19-8-9-21(27-2)22(17-19)28-3;/h8-9,17,20H,4-7,10-16,18H2,1-3H3,(H2,24,25,26);1H. The van der Waals surface area contributed by atoms with Crippen LogP contribution in [0.15, 0.2) is 23.2 Å². The van der Waals surface area contributed by atoms with Crippen molar-refractivity contribution in [3.05, 3.63) is 23.8 Å². The second kappa shape index (κ2) is 17.3. The van der Waals surface area contributed by atoms with Gasteiger partial charge in [0.2, 0.25) is 0 Å². The molecule has 1 saturated heterocycles. The molecule has 0 spiro atoms. The molecule has 0 amide bonds. The van der Waals surface area contributed by atoms with Crippen molar-refractivity contribution in [2.24, 2.45) is 10.9 Å². The summed E-state index contributed by atoms with van der Waals surface area (Å²) < 4.78 is 21.9. The van der Waals surface area contributed by atoms with Crippen LogP contribution in [0, 0.1) is 5.92 Å². The van der Waals surface area contributed by atoms with E-state index >= 15 is 0 Å². The first-order valence-electron chi connectivity index (χ1n) is 11.1. The molecule has 1 aromatic rings. The summed E-state index contributed by atoms with van der Waals surface area (Å²) >= 11 is 0. The lowest BCUT2D eigenvalue weighted by Crippen LogP contribution is -2.38. The summed E-state index contributed by atoms with van der Waals surface area (Å²) in [6.45, 7) is 7.95. The lowest BCUT2D eigenvalue weighted by molar-refractivity contribution is 0.0203. The molecular weight excluding hydrogens is 509 g/mol. The van der Waals surface area contributed by atoms with Gasteiger partial charge in [0.25, 0.3) is 0 Å². The van der Waals surface area contributed by atoms with Crippen LogP contribution in [-0.4, -0.2) is 66.2 Å². The molecule has 1 aromatic carbocycles. The van der Waals surface area contributed by atoms with E-state index in [-0.39, 0.29) is 24.0 Å². The lowest BCUT2D eigenvalue weighted by atomic mass is 10.0. The maximum atomic E-state index is 5.82. The highest BCUT2D eigenvalue weighted by Crippen LogP contribution is 2.27. The number of hydrogen-bond donors (Lipinski definition) is 2. The second-order valence-corrected chi connectivity index (χ2v) is 7.46. The van der Waals surface area contributed by atoms with Gasteiger partial charge in [-0.1, -0.05) is 6.07 Å². The number of nitrogens with zero attached hydrogens (tertiary/aromatic N) is 1. The van der Waals surface area contributed by atoms with Gasteiger partial charge in [-0.3, -0.25) is 4.99 Å². The van der Waals surface area contributed by atoms with Crippen LogP contribution in [0.4, 0.5) is 0 Å². The molecule has 2 rings (SSSR count). The number of aryl methyl sites for hydroxylation is 1. The molecule has 0 aliphatic carbocycles. The predicted molar refractivity (Wildman–Crippen MR) is 136 cm³/mol. The molecule has 1 aliphatic rings. The first-order chi connectivity index (χ1) is 14.8. The molecule has 2 N–H and O–H groups in total. The molecule has 1 heterocycles. The van der Waals surface area contributed by atoms with Gasteiger partial charge in [-0.2, -0.15) is 0 Å². The van der Waals surface area contributed by atoms with Gasteiger partial charge in [0, 0.05) is 46.1 Å². The van der Waals surface area contributed by atoms with Gasteiger partial charge < -0.3 is 29.6 Å². The quantitative estimate of drug-likeness (QED) is 0.170.